The molecule has 4 rings (SSSR count). The molecule has 1 amide bonds. The number of sulfonamides is 1. The monoisotopic (exact) mass is 441 g/mol. The third-order valence-electron chi connectivity index (χ3n) is 5.22. The van der Waals surface area contributed by atoms with Gasteiger partial charge in [-0.2, -0.15) is 4.31 Å². The van der Waals surface area contributed by atoms with Crippen LogP contribution in [0.5, 0.6) is 0 Å². The van der Waals surface area contributed by atoms with Crippen molar-refractivity contribution in [2.45, 2.75) is 37.6 Å². The van der Waals surface area contributed by atoms with E-state index in [9.17, 15) is 13.2 Å². The zero-order valence-corrected chi connectivity index (χ0v) is 18.5. The van der Waals surface area contributed by atoms with Gasteiger partial charge in [-0.3, -0.25) is 4.79 Å². The molecule has 156 valence electrons. The SMILES string of the molecule is Cc1ccc(-c2csc(NC(=O)C3CCCN3S(=O)(=O)c3ccc(C)cc3)n2)cc1. The molecule has 0 radical (unpaired) electrons. The topological polar surface area (TPSA) is 79.4 Å². The summed E-state index contributed by atoms with van der Waals surface area (Å²) in [6, 6.07) is 14.0. The minimum atomic E-state index is -3.73. The number of nitrogens with zero attached hydrogens (tertiary/aromatic N) is 2. The second-order valence-electron chi connectivity index (χ2n) is 7.48. The fourth-order valence-corrected chi connectivity index (χ4v) is 5.89. The molecule has 1 fully saturated rings. The van der Waals surface area contributed by atoms with Crippen LogP contribution < -0.4 is 5.32 Å². The average Bonchev–Trinajstić information content (AvgIpc) is 3.39. The normalized spacial score (nSPS) is 17.2. The second-order valence-corrected chi connectivity index (χ2v) is 10.2. The van der Waals surface area contributed by atoms with E-state index in [1.807, 2.05) is 43.5 Å². The molecule has 1 aliphatic heterocycles. The maximum atomic E-state index is 13.1. The van der Waals surface area contributed by atoms with Crippen molar-refractivity contribution >= 4 is 32.4 Å². The Hall–Kier alpha value is -2.55. The summed E-state index contributed by atoms with van der Waals surface area (Å²) in [4.78, 5) is 17.6. The Kier molecular flexibility index (Phi) is 5.73. The van der Waals surface area contributed by atoms with Crippen molar-refractivity contribution in [3.05, 3.63) is 65.0 Å². The van der Waals surface area contributed by atoms with E-state index in [1.165, 1.54) is 21.2 Å². The van der Waals surface area contributed by atoms with Gasteiger partial charge in [-0.05, 0) is 38.8 Å². The Balaban J connectivity index is 1.50. The first kappa shape index (κ1) is 20.7. The summed E-state index contributed by atoms with van der Waals surface area (Å²) >= 11 is 1.33. The Morgan fingerprint density at radius 2 is 1.70 bits per heavy atom. The van der Waals surface area contributed by atoms with Crippen molar-refractivity contribution < 1.29 is 13.2 Å². The number of rotatable bonds is 5. The Morgan fingerprint density at radius 1 is 1.07 bits per heavy atom. The number of nitrogens with one attached hydrogen (secondary N) is 1. The minimum absolute atomic E-state index is 0.212. The fraction of sp³-hybridized carbons (Fsp3) is 0.273. The number of carbonyl (C=O) groups is 1. The van der Waals surface area contributed by atoms with Gasteiger partial charge in [-0.25, -0.2) is 13.4 Å². The predicted molar refractivity (Wildman–Crippen MR) is 119 cm³/mol. The predicted octanol–water partition coefficient (Wildman–Crippen LogP) is 4.22. The van der Waals surface area contributed by atoms with E-state index >= 15 is 0 Å². The quantitative estimate of drug-likeness (QED) is 0.643. The van der Waals surface area contributed by atoms with Gasteiger partial charge >= 0.3 is 0 Å². The molecule has 1 N–H and O–H groups in total. The Labute approximate surface area is 180 Å². The zero-order valence-electron chi connectivity index (χ0n) is 16.8. The van der Waals surface area contributed by atoms with Crippen molar-refractivity contribution in [3.63, 3.8) is 0 Å². The minimum Gasteiger partial charge on any atom is -0.301 e. The summed E-state index contributed by atoms with van der Waals surface area (Å²) in [6.45, 7) is 4.26. The van der Waals surface area contributed by atoms with E-state index in [-0.39, 0.29) is 10.8 Å². The van der Waals surface area contributed by atoms with Crippen LogP contribution in [0.1, 0.15) is 24.0 Å². The Morgan fingerprint density at radius 3 is 2.37 bits per heavy atom. The maximum Gasteiger partial charge on any atom is 0.244 e. The lowest BCUT2D eigenvalue weighted by molar-refractivity contribution is -0.119. The summed E-state index contributed by atoms with van der Waals surface area (Å²) < 4.78 is 27.4. The molecule has 0 bridgehead atoms. The molecule has 0 aliphatic carbocycles. The van der Waals surface area contributed by atoms with E-state index in [0.29, 0.717) is 24.5 Å². The van der Waals surface area contributed by atoms with Gasteiger partial charge in [0.1, 0.15) is 6.04 Å². The van der Waals surface area contributed by atoms with Crippen LogP contribution in [0.3, 0.4) is 0 Å². The van der Waals surface area contributed by atoms with E-state index in [0.717, 1.165) is 16.8 Å². The van der Waals surface area contributed by atoms with Crippen LogP contribution in [0.25, 0.3) is 11.3 Å². The molecule has 1 atom stereocenters. The highest BCUT2D eigenvalue weighted by Crippen LogP contribution is 2.29. The van der Waals surface area contributed by atoms with Crippen LogP contribution in [0, 0.1) is 13.8 Å². The van der Waals surface area contributed by atoms with E-state index in [4.69, 9.17) is 0 Å². The molecule has 3 aromatic rings. The summed E-state index contributed by atoms with van der Waals surface area (Å²) in [5, 5.41) is 5.16. The summed E-state index contributed by atoms with van der Waals surface area (Å²) in [7, 11) is -3.73. The molecule has 0 spiro atoms. The molecule has 0 saturated carbocycles. The highest BCUT2D eigenvalue weighted by molar-refractivity contribution is 7.89. The van der Waals surface area contributed by atoms with Crippen LogP contribution >= 0.6 is 11.3 Å². The number of anilines is 1. The number of thiazole rings is 1. The number of hydrogen-bond acceptors (Lipinski definition) is 5. The number of aryl methyl sites for hydroxylation is 2. The van der Waals surface area contributed by atoms with Gasteiger partial charge in [-0.1, -0.05) is 47.5 Å². The van der Waals surface area contributed by atoms with E-state index < -0.39 is 16.1 Å². The lowest BCUT2D eigenvalue weighted by atomic mass is 10.1. The summed E-state index contributed by atoms with van der Waals surface area (Å²) in [5.74, 6) is -0.340. The molecule has 30 heavy (non-hydrogen) atoms. The molecule has 6 nitrogen and oxygen atoms in total. The summed E-state index contributed by atoms with van der Waals surface area (Å²) in [6.07, 6.45) is 1.14. The van der Waals surface area contributed by atoms with Crippen molar-refractivity contribution in [1.29, 1.82) is 0 Å². The Bertz CT molecular complexity index is 1150. The molecule has 8 heteroatoms. The first-order chi connectivity index (χ1) is 14.3. The van der Waals surface area contributed by atoms with Crippen LogP contribution in [-0.4, -0.2) is 36.2 Å². The van der Waals surface area contributed by atoms with Crippen molar-refractivity contribution in [1.82, 2.24) is 9.29 Å². The lowest BCUT2D eigenvalue weighted by Crippen LogP contribution is -2.43. The third-order valence-corrected chi connectivity index (χ3v) is 7.90. The zero-order chi connectivity index (χ0) is 21.3. The highest BCUT2D eigenvalue weighted by Gasteiger charge is 2.39. The van der Waals surface area contributed by atoms with Gasteiger partial charge in [0.25, 0.3) is 0 Å². The number of hydrogen-bond donors (Lipinski definition) is 1. The van der Waals surface area contributed by atoms with Crippen LogP contribution in [0.2, 0.25) is 0 Å². The van der Waals surface area contributed by atoms with Gasteiger partial charge in [0, 0.05) is 17.5 Å². The largest absolute Gasteiger partial charge is 0.301 e. The number of benzene rings is 2. The second kappa shape index (κ2) is 8.29. The van der Waals surface area contributed by atoms with Crippen LogP contribution in [0.4, 0.5) is 5.13 Å². The van der Waals surface area contributed by atoms with Gasteiger partial charge in [0.05, 0.1) is 10.6 Å². The fourth-order valence-electron chi connectivity index (χ4n) is 3.51. The highest BCUT2D eigenvalue weighted by atomic mass is 32.2. The van der Waals surface area contributed by atoms with Gasteiger partial charge in [-0.15, -0.1) is 11.3 Å². The van der Waals surface area contributed by atoms with Crippen molar-refractivity contribution in [3.8, 4) is 11.3 Å². The number of carbonyl (C=O) groups excluding carboxylic acids is 1. The smallest absolute Gasteiger partial charge is 0.244 e. The molecular formula is C22H23N3O3S2. The summed E-state index contributed by atoms with van der Waals surface area (Å²) in [5.41, 5.74) is 3.91. The van der Waals surface area contributed by atoms with Crippen molar-refractivity contribution in [2.24, 2.45) is 0 Å². The number of amides is 1. The van der Waals surface area contributed by atoms with Gasteiger partial charge in [0.2, 0.25) is 15.9 Å². The third kappa shape index (κ3) is 4.16. The van der Waals surface area contributed by atoms with Crippen LogP contribution in [0.15, 0.2) is 58.8 Å². The van der Waals surface area contributed by atoms with E-state index in [1.54, 1.807) is 24.3 Å². The lowest BCUT2D eigenvalue weighted by Gasteiger charge is -2.23. The van der Waals surface area contributed by atoms with Crippen LogP contribution in [-0.2, 0) is 14.8 Å². The first-order valence-corrected chi connectivity index (χ1v) is 12.1. The van der Waals surface area contributed by atoms with Gasteiger partial charge in [0.15, 0.2) is 5.13 Å². The molecule has 2 aromatic carbocycles. The molecule has 1 aliphatic rings. The molecule has 1 saturated heterocycles. The number of aromatic nitrogens is 1. The van der Waals surface area contributed by atoms with Gasteiger partial charge < -0.3 is 5.32 Å². The molecular weight excluding hydrogens is 418 g/mol. The molecule has 1 unspecified atom stereocenters. The maximum absolute atomic E-state index is 13.1. The molecule has 2 heterocycles. The average molecular weight is 442 g/mol. The molecule has 1 aromatic heterocycles. The van der Waals surface area contributed by atoms with Crippen molar-refractivity contribution in [2.75, 3.05) is 11.9 Å². The standard InChI is InChI=1S/C22H23N3O3S2/c1-15-5-9-17(10-6-15)19-14-29-22(23-19)24-21(26)20-4-3-13-25(20)30(27,28)18-11-7-16(2)8-12-18/h5-12,14,20H,3-4,13H2,1-2H3,(H,23,24,26). The first-order valence-electron chi connectivity index (χ1n) is 9.76. The van der Waals surface area contributed by atoms with E-state index in [2.05, 4.69) is 10.3 Å².